The van der Waals surface area contributed by atoms with E-state index in [-0.39, 0.29) is 12.0 Å². The highest BCUT2D eigenvalue weighted by atomic mass is 16.5. The molecule has 1 unspecified atom stereocenters. The fourth-order valence-electron chi connectivity index (χ4n) is 2.00. The van der Waals surface area contributed by atoms with Crippen LogP contribution in [0.5, 0.6) is 0 Å². The standard InChI is InChI=1S/C12H22N4O2/c13-16-15-9-3-2-8-14-12(17)7-6-11-5-1-4-10-18-11/h11H,1-10H2,(H,14,17). The molecule has 1 amide bonds. The lowest BCUT2D eigenvalue weighted by Gasteiger charge is -2.22. The summed E-state index contributed by atoms with van der Waals surface area (Å²) >= 11 is 0. The number of unbranched alkanes of at least 4 members (excludes halogenated alkanes) is 1. The van der Waals surface area contributed by atoms with Crippen LogP contribution in [0, 0.1) is 0 Å². The molecule has 0 aromatic carbocycles. The molecule has 0 saturated carbocycles. The maximum Gasteiger partial charge on any atom is 0.220 e. The molecule has 102 valence electrons. The third-order valence-corrected chi connectivity index (χ3v) is 3.04. The zero-order valence-corrected chi connectivity index (χ0v) is 10.8. The van der Waals surface area contributed by atoms with Gasteiger partial charge in [-0.25, -0.2) is 0 Å². The summed E-state index contributed by atoms with van der Waals surface area (Å²) in [6, 6.07) is 0. The van der Waals surface area contributed by atoms with Gasteiger partial charge in [-0.05, 0) is 44.1 Å². The monoisotopic (exact) mass is 254 g/mol. The Bertz CT molecular complexity index is 284. The van der Waals surface area contributed by atoms with Crippen LogP contribution in [-0.2, 0) is 9.53 Å². The first-order valence-electron chi connectivity index (χ1n) is 6.72. The quantitative estimate of drug-likeness (QED) is 0.312. The number of carbonyl (C=O) groups is 1. The predicted octanol–water partition coefficient (Wildman–Crippen LogP) is 2.54. The van der Waals surface area contributed by atoms with Crippen molar-refractivity contribution in [3.8, 4) is 0 Å². The normalized spacial score (nSPS) is 19.0. The van der Waals surface area contributed by atoms with Gasteiger partial charge in [0.25, 0.3) is 0 Å². The van der Waals surface area contributed by atoms with Crippen LogP contribution in [-0.4, -0.2) is 31.7 Å². The van der Waals surface area contributed by atoms with Crippen molar-refractivity contribution in [2.45, 2.75) is 51.0 Å². The summed E-state index contributed by atoms with van der Waals surface area (Å²) in [4.78, 5) is 14.2. The minimum absolute atomic E-state index is 0.0907. The number of carbonyl (C=O) groups excluding carboxylic acids is 1. The minimum atomic E-state index is 0.0907. The van der Waals surface area contributed by atoms with Gasteiger partial charge < -0.3 is 10.1 Å². The molecule has 1 heterocycles. The van der Waals surface area contributed by atoms with Crippen LogP contribution >= 0.6 is 0 Å². The number of ether oxygens (including phenoxy) is 1. The van der Waals surface area contributed by atoms with Crippen LogP contribution in [0.1, 0.15) is 44.9 Å². The summed E-state index contributed by atoms with van der Waals surface area (Å²) in [6.07, 6.45) is 6.75. The number of amides is 1. The van der Waals surface area contributed by atoms with E-state index in [9.17, 15) is 4.79 Å². The molecular formula is C12H22N4O2. The molecule has 0 aromatic heterocycles. The Balaban J connectivity index is 1.94. The van der Waals surface area contributed by atoms with E-state index < -0.39 is 0 Å². The van der Waals surface area contributed by atoms with E-state index in [1.165, 1.54) is 6.42 Å². The van der Waals surface area contributed by atoms with Gasteiger partial charge in [-0.15, -0.1) is 0 Å². The predicted molar refractivity (Wildman–Crippen MR) is 69.1 cm³/mol. The zero-order chi connectivity index (χ0) is 13.1. The van der Waals surface area contributed by atoms with Crippen LogP contribution in [0.25, 0.3) is 10.4 Å². The van der Waals surface area contributed by atoms with Gasteiger partial charge in [0.1, 0.15) is 0 Å². The van der Waals surface area contributed by atoms with Crippen LogP contribution in [0.15, 0.2) is 5.11 Å². The average Bonchev–Trinajstić information content (AvgIpc) is 2.41. The van der Waals surface area contributed by atoms with Gasteiger partial charge in [0.2, 0.25) is 5.91 Å². The van der Waals surface area contributed by atoms with Crippen molar-refractivity contribution in [3.05, 3.63) is 10.4 Å². The summed E-state index contributed by atoms with van der Waals surface area (Å²) < 4.78 is 5.57. The van der Waals surface area contributed by atoms with E-state index in [0.29, 0.717) is 19.5 Å². The first kappa shape index (κ1) is 14.8. The van der Waals surface area contributed by atoms with E-state index in [4.69, 9.17) is 10.3 Å². The molecule has 18 heavy (non-hydrogen) atoms. The number of hydrogen-bond acceptors (Lipinski definition) is 3. The fourth-order valence-corrected chi connectivity index (χ4v) is 2.00. The van der Waals surface area contributed by atoms with Crippen molar-refractivity contribution in [1.82, 2.24) is 5.32 Å². The zero-order valence-electron chi connectivity index (χ0n) is 10.8. The van der Waals surface area contributed by atoms with Crippen molar-refractivity contribution < 1.29 is 9.53 Å². The van der Waals surface area contributed by atoms with Gasteiger partial charge in [-0.3, -0.25) is 4.79 Å². The van der Waals surface area contributed by atoms with Crippen molar-refractivity contribution in [1.29, 1.82) is 0 Å². The molecule has 1 fully saturated rings. The Labute approximate surface area is 108 Å². The Hall–Kier alpha value is -1.26. The van der Waals surface area contributed by atoms with Gasteiger partial charge in [-0.2, -0.15) is 0 Å². The molecular weight excluding hydrogens is 232 g/mol. The summed E-state index contributed by atoms with van der Waals surface area (Å²) in [5.74, 6) is 0.0907. The van der Waals surface area contributed by atoms with Crippen molar-refractivity contribution in [2.75, 3.05) is 19.7 Å². The van der Waals surface area contributed by atoms with Crippen molar-refractivity contribution in [3.63, 3.8) is 0 Å². The van der Waals surface area contributed by atoms with Gasteiger partial charge in [-0.1, -0.05) is 5.11 Å². The highest BCUT2D eigenvalue weighted by Gasteiger charge is 2.14. The first-order chi connectivity index (χ1) is 8.83. The third-order valence-electron chi connectivity index (χ3n) is 3.04. The lowest BCUT2D eigenvalue weighted by molar-refractivity contribution is -0.122. The number of rotatable bonds is 8. The van der Waals surface area contributed by atoms with Gasteiger partial charge in [0.05, 0.1) is 6.10 Å². The first-order valence-corrected chi connectivity index (χ1v) is 6.72. The number of azide groups is 1. The maximum absolute atomic E-state index is 11.5. The number of nitrogens with zero attached hydrogens (tertiary/aromatic N) is 3. The topological polar surface area (TPSA) is 87.1 Å². The molecule has 6 heteroatoms. The van der Waals surface area contributed by atoms with Gasteiger partial charge in [0, 0.05) is 31.0 Å². The third kappa shape index (κ3) is 7.14. The van der Waals surface area contributed by atoms with Crippen LogP contribution < -0.4 is 5.32 Å². The molecule has 1 N–H and O–H groups in total. The highest BCUT2D eigenvalue weighted by Crippen LogP contribution is 2.16. The van der Waals surface area contributed by atoms with Crippen LogP contribution in [0.2, 0.25) is 0 Å². The molecule has 1 saturated heterocycles. The molecule has 6 nitrogen and oxygen atoms in total. The van der Waals surface area contributed by atoms with Gasteiger partial charge >= 0.3 is 0 Å². The SMILES string of the molecule is [N-]=[N+]=NCCCCNC(=O)CCC1CCCCO1. The largest absolute Gasteiger partial charge is 0.378 e. The van der Waals surface area contributed by atoms with E-state index in [1.54, 1.807) is 0 Å². The smallest absolute Gasteiger partial charge is 0.220 e. The molecule has 1 rings (SSSR count). The second kappa shape index (κ2) is 9.74. The lowest BCUT2D eigenvalue weighted by Crippen LogP contribution is -2.27. The summed E-state index contributed by atoms with van der Waals surface area (Å²) in [5.41, 5.74) is 8.08. The molecule has 0 aromatic rings. The van der Waals surface area contributed by atoms with E-state index in [0.717, 1.165) is 38.7 Å². The number of nitrogens with one attached hydrogen (secondary N) is 1. The molecule has 1 aliphatic heterocycles. The summed E-state index contributed by atoms with van der Waals surface area (Å²) in [5, 5.41) is 6.31. The molecule has 0 spiro atoms. The second-order valence-corrected chi connectivity index (χ2v) is 4.54. The molecule has 0 aliphatic carbocycles. The lowest BCUT2D eigenvalue weighted by atomic mass is 10.0. The average molecular weight is 254 g/mol. The second-order valence-electron chi connectivity index (χ2n) is 4.54. The van der Waals surface area contributed by atoms with Gasteiger partial charge in [0.15, 0.2) is 0 Å². The molecule has 1 aliphatic rings. The summed E-state index contributed by atoms with van der Waals surface area (Å²) in [6.45, 7) is 2.00. The Morgan fingerprint density at radius 3 is 3.06 bits per heavy atom. The molecule has 0 radical (unpaired) electrons. The Kier molecular flexibility index (Phi) is 8.01. The van der Waals surface area contributed by atoms with Crippen LogP contribution in [0.4, 0.5) is 0 Å². The Morgan fingerprint density at radius 2 is 2.33 bits per heavy atom. The Morgan fingerprint density at radius 1 is 1.44 bits per heavy atom. The van der Waals surface area contributed by atoms with Crippen molar-refractivity contribution in [2.24, 2.45) is 5.11 Å². The van der Waals surface area contributed by atoms with E-state index in [1.807, 2.05) is 0 Å². The minimum Gasteiger partial charge on any atom is -0.378 e. The van der Waals surface area contributed by atoms with Crippen LogP contribution in [0.3, 0.4) is 0 Å². The maximum atomic E-state index is 11.5. The van der Waals surface area contributed by atoms with E-state index >= 15 is 0 Å². The fraction of sp³-hybridized carbons (Fsp3) is 0.917. The van der Waals surface area contributed by atoms with E-state index in [2.05, 4.69) is 15.3 Å². The molecule has 0 bridgehead atoms. The highest BCUT2D eigenvalue weighted by molar-refractivity contribution is 5.75. The molecule has 1 atom stereocenters. The van der Waals surface area contributed by atoms with Crippen molar-refractivity contribution >= 4 is 5.91 Å². The summed E-state index contributed by atoms with van der Waals surface area (Å²) in [7, 11) is 0. The number of hydrogen-bond donors (Lipinski definition) is 1.